The fraction of sp³-hybridized carbons (Fsp3) is 0.423. The van der Waals surface area contributed by atoms with Gasteiger partial charge in [0.25, 0.3) is 0 Å². The Balaban J connectivity index is 1.90. The van der Waals surface area contributed by atoms with Gasteiger partial charge in [-0.2, -0.15) is 4.98 Å². The van der Waals surface area contributed by atoms with E-state index in [1.807, 2.05) is 19.9 Å². The van der Waals surface area contributed by atoms with E-state index in [1.165, 1.54) is 17.3 Å². The molecule has 3 aromatic rings. The third-order valence-electron chi connectivity index (χ3n) is 6.74. The first-order valence-electron chi connectivity index (χ1n) is 11.4. The average molecular weight is 451 g/mol. The van der Waals surface area contributed by atoms with Crippen LogP contribution in [0.15, 0.2) is 41.3 Å². The van der Waals surface area contributed by atoms with Crippen LogP contribution in [0.4, 0.5) is 0 Å². The first-order chi connectivity index (χ1) is 15.8. The summed E-state index contributed by atoms with van der Waals surface area (Å²) in [7, 11) is 1.55. The number of pyridine rings is 2. The number of nitrogens with zero attached hydrogens (tertiary/aromatic N) is 2. The monoisotopic (exact) mass is 450 g/mol. The highest BCUT2D eigenvalue weighted by molar-refractivity contribution is 5.92. The molecule has 2 N–H and O–H groups in total. The van der Waals surface area contributed by atoms with Crippen molar-refractivity contribution in [2.24, 2.45) is 5.92 Å². The summed E-state index contributed by atoms with van der Waals surface area (Å²) in [6.45, 7) is 3.65. The summed E-state index contributed by atoms with van der Waals surface area (Å²) in [5, 5.41) is 19.9. The number of hydrogen-bond donors (Lipinski definition) is 2. The van der Waals surface area contributed by atoms with Gasteiger partial charge in [-0.15, -0.1) is 0 Å². The van der Waals surface area contributed by atoms with Gasteiger partial charge in [0.2, 0.25) is 11.3 Å². The summed E-state index contributed by atoms with van der Waals surface area (Å²) in [5.41, 5.74) is 2.85. The molecule has 0 saturated carbocycles. The van der Waals surface area contributed by atoms with E-state index in [9.17, 15) is 19.8 Å². The minimum atomic E-state index is -1.30. The van der Waals surface area contributed by atoms with Crippen molar-refractivity contribution in [2.75, 3.05) is 13.7 Å². The third kappa shape index (κ3) is 4.25. The van der Waals surface area contributed by atoms with Gasteiger partial charge >= 0.3 is 5.97 Å². The number of carboxylic acids is 1. The summed E-state index contributed by atoms with van der Waals surface area (Å²) in [5.74, 6) is -0.612. The lowest BCUT2D eigenvalue weighted by Crippen LogP contribution is -2.26. The van der Waals surface area contributed by atoms with Gasteiger partial charge < -0.3 is 19.5 Å². The van der Waals surface area contributed by atoms with Crippen LogP contribution in [-0.4, -0.2) is 39.5 Å². The standard InChI is InChI=1S/C26H30N2O5/c1-15(2)22(14-29)28-13-21(26(31)32)23(30)20-12-18(25(33-3)27-24(20)28)11-17-9-6-8-16-7-4-5-10-19(16)17/h4-5,7,10,12-13,15,17,22,29H,6,8-9,11,14H2,1-3H3,(H,31,32)/t17?,22-/m1/s1. The second-order valence-electron chi connectivity index (χ2n) is 9.10. The molecular weight excluding hydrogens is 420 g/mol. The van der Waals surface area contributed by atoms with Crippen molar-refractivity contribution in [2.45, 2.75) is 51.5 Å². The molecule has 0 radical (unpaired) electrons. The van der Waals surface area contributed by atoms with E-state index in [2.05, 4.69) is 23.2 Å². The number of hydrogen-bond acceptors (Lipinski definition) is 5. The van der Waals surface area contributed by atoms with Gasteiger partial charge in [-0.25, -0.2) is 4.79 Å². The van der Waals surface area contributed by atoms with Crippen molar-refractivity contribution < 1.29 is 19.7 Å². The number of carboxylic acid groups (broad SMARTS) is 1. The van der Waals surface area contributed by atoms with Gasteiger partial charge in [-0.1, -0.05) is 38.1 Å². The minimum absolute atomic E-state index is 0.00596. The molecule has 0 spiro atoms. The highest BCUT2D eigenvalue weighted by Gasteiger charge is 2.26. The van der Waals surface area contributed by atoms with Crippen molar-refractivity contribution in [3.63, 3.8) is 0 Å². The first-order valence-corrected chi connectivity index (χ1v) is 11.4. The van der Waals surface area contributed by atoms with Gasteiger partial charge in [0.1, 0.15) is 11.2 Å². The zero-order chi connectivity index (χ0) is 23.7. The molecular formula is C26H30N2O5. The summed E-state index contributed by atoms with van der Waals surface area (Å²) < 4.78 is 7.23. The summed E-state index contributed by atoms with van der Waals surface area (Å²) in [6.07, 6.45) is 5.11. The van der Waals surface area contributed by atoms with E-state index in [4.69, 9.17) is 4.74 Å². The number of aliphatic hydroxyl groups excluding tert-OH is 1. The van der Waals surface area contributed by atoms with Crippen molar-refractivity contribution in [1.82, 2.24) is 9.55 Å². The first kappa shape index (κ1) is 23.0. The molecule has 0 amide bonds. The third-order valence-corrected chi connectivity index (χ3v) is 6.74. The second-order valence-corrected chi connectivity index (χ2v) is 9.10. The number of methoxy groups -OCH3 is 1. The van der Waals surface area contributed by atoms with E-state index in [1.54, 1.807) is 17.7 Å². The lowest BCUT2D eigenvalue weighted by molar-refractivity contribution is 0.0694. The Morgan fingerprint density at radius 3 is 2.73 bits per heavy atom. The Morgan fingerprint density at radius 1 is 1.30 bits per heavy atom. The number of ether oxygens (including phenoxy) is 1. The molecule has 0 aliphatic heterocycles. The molecule has 33 heavy (non-hydrogen) atoms. The van der Waals surface area contributed by atoms with Crippen LogP contribution in [0, 0.1) is 5.92 Å². The molecule has 174 valence electrons. The van der Waals surface area contributed by atoms with Crippen LogP contribution < -0.4 is 10.2 Å². The summed E-state index contributed by atoms with van der Waals surface area (Å²) in [4.78, 5) is 29.6. The normalized spacial score (nSPS) is 16.6. The van der Waals surface area contributed by atoms with Gasteiger partial charge in [0.15, 0.2) is 0 Å². The largest absolute Gasteiger partial charge is 0.481 e. The maximum atomic E-state index is 13.1. The smallest absolute Gasteiger partial charge is 0.341 e. The maximum Gasteiger partial charge on any atom is 0.341 e. The fourth-order valence-corrected chi connectivity index (χ4v) is 4.98. The number of aliphatic hydroxyl groups is 1. The van der Waals surface area contributed by atoms with Crippen LogP contribution in [0.2, 0.25) is 0 Å². The van der Waals surface area contributed by atoms with Crippen LogP contribution in [0.3, 0.4) is 0 Å². The van der Waals surface area contributed by atoms with Gasteiger partial charge in [-0.05, 0) is 54.7 Å². The second kappa shape index (κ2) is 9.35. The molecule has 7 nitrogen and oxygen atoms in total. The summed E-state index contributed by atoms with van der Waals surface area (Å²) >= 11 is 0. The molecule has 1 unspecified atom stereocenters. The molecule has 1 aliphatic carbocycles. The summed E-state index contributed by atoms with van der Waals surface area (Å²) in [6, 6.07) is 9.73. The lowest BCUT2D eigenvalue weighted by atomic mass is 9.79. The molecule has 1 aromatic carbocycles. The number of aryl methyl sites for hydroxylation is 1. The number of aromatic carboxylic acids is 1. The molecule has 4 rings (SSSR count). The lowest BCUT2D eigenvalue weighted by Gasteiger charge is -2.27. The van der Waals surface area contributed by atoms with Crippen molar-refractivity contribution in [3.8, 4) is 5.88 Å². The van der Waals surface area contributed by atoms with E-state index in [0.29, 0.717) is 17.9 Å². The van der Waals surface area contributed by atoms with Crippen molar-refractivity contribution >= 4 is 17.0 Å². The van der Waals surface area contributed by atoms with E-state index < -0.39 is 17.4 Å². The fourth-order valence-electron chi connectivity index (χ4n) is 4.98. The Kier molecular flexibility index (Phi) is 6.51. The number of rotatable bonds is 7. The van der Waals surface area contributed by atoms with Crippen molar-refractivity contribution in [3.05, 3.63) is 69.0 Å². The van der Waals surface area contributed by atoms with Gasteiger partial charge in [0, 0.05) is 11.8 Å². The minimum Gasteiger partial charge on any atom is -0.481 e. The van der Waals surface area contributed by atoms with Crippen LogP contribution in [0.5, 0.6) is 5.88 Å². The highest BCUT2D eigenvalue weighted by atomic mass is 16.5. The zero-order valence-corrected chi connectivity index (χ0v) is 19.2. The van der Waals surface area contributed by atoms with Crippen LogP contribution in [0.1, 0.15) is 65.7 Å². The molecule has 7 heteroatoms. The van der Waals surface area contributed by atoms with Gasteiger partial charge in [0.05, 0.1) is 25.1 Å². The van der Waals surface area contributed by atoms with Crippen molar-refractivity contribution in [1.29, 1.82) is 0 Å². The van der Waals surface area contributed by atoms with Crippen LogP contribution in [0.25, 0.3) is 11.0 Å². The molecule has 2 heterocycles. The molecule has 1 aliphatic rings. The Bertz CT molecular complexity index is 1250. The Hall–Kier alpha value is -3.19. The molecule has 2 atom stereocenters. The van der Waals surface area contributed by atoms with E-state index in [0.717, 1.165) is 24.8 Å². The quantitative estimate of drug-likeness (QED) is 0.565. The number of aromatic nitrogens is 2. The van der Waals surface area contributed by atoms with E-state index in [-0.39, 0.29) is 29.4 Å². The predicted molar refractivity (Wildman–Crippen MR) is 126 cm³/mol. The van der Waals surface area contributed by atoms with Crippen LogP contribution >= 0.6 is 0 Å². The molecule has 2 aromatic heterocycles. The zero-order valence-electron chi connectivity index (χ0n) is 19.2. The number of benzene rings is 1. The van der Waals surface area contributed by atoms with Crippen LogP contribution in [-0.2, 0) is 12.8 Å². The average Bonchev–Trinajstić information content (AvgIpc) is 2.80. The molecule has 0 saturated heterocycles. The highest BCUT2D eigenvalue weighted by Crippen LogP contribution is 2.36. The number of fused-ring (bicyclic) bond motifs is 2. The maximum absolute atomic E-state index is 13.1. The Morgan fingerprint density at radius 2 is 2.06 bits per heavy atom. The Labute approximate surface area is 192 Å². The number of carbonyl (C=O) groups is 1. The predicted octanol–water partition coefficient (Wildman–Crippen LogP) is 3.96. The van der Waals surface area contributed by atoms with E-state index >= 15 is 0 Å². The molecule has 0 bridgehead atoms. The topological polar surface area (TPSA) is 102 Å². The SMILES string of the molecule is COc1nc2c(cc1CC1CCCc3ccccc31)c(=O)c(C(=O)O)cn2[C@H](CO)C(C)C. The molecule has 0 fully saturated rings. The van der Waals surface area contributed by atoms with Gasteiger partial charge in [-0.3, -0.25) is 4.79 Å².